The predicted octanol–water partition coefficient (Wildman–Crippen LogP) is 1.23. The van der Waals surface area contributed by atoms with Crippen molar-refractivity contribution >= 4 is 33.2 Å². The van der Waals surface area contributed by atoms with Crippen molar-refractivity contribution in [1.29, 1.82) is 0 Å². The molecule has 1 aromatic rings. The van der Waals surface area contributed by atoms with Gasteiger partial charge in [0.15, 0.2) is 0 Å². The van der Waals surface area contributed by atoms with Crippen molar-refractivity contribution in [3.8, 4) is 5.75 Å². The molecule has 0 aliphatic heterocycles. The molecule has 0 radical (unpaired) electrons. The maximum Gasteiger partial charge on any atom is 0.332 e. The van der Waals surface area contributed by atoms with Gasteiger partial charge in [-0.3, -0.25) is 9.36 Å². The van der Waals surface area contributed by atoms with Crippen LogP contribution in [0.4, 0.5) is 0 Å². The van der Waals surface area contributed by atoms with Crippen molar-refractivity contribution in [2.75, 3.05) is 0 Å². The summed E-state index contributed by atoms with van der Waals surface area (Å²) in [4.78, 5) is 25.7. The van der Waals surface area contributed by atoms with E-state index in [2.05, 4.69) is 0 Å². The van der Waals surface area contributed by atoms with Gasteiger partial charge in [-0.15, -0.1) is 0 Å². The van der Waals surface area contributed by atoms with Crippen LogP contribution in [0.25, 0.3) is 0 Å². The molecule has 0 aliphatic carbocycles. The van der Waals surface area contributed by atoms with Crippen LogP contribution in [0, 0.1) is 18.8 Å². The van der Waals surface area contributed by atoms with Gasteiger partial charge in [-0.2, -0.15) is 0 Å². The van der Waals surface area contributed by atoms with Crippen molar-refractivity contribution in [2.24, 2.45) is 11.8 Å². The Hall–Kier alpha value is -1.74. The van der Waals surface area contributed by atoms with Crippen LogP contribution >= 0.6 is 0 Å². The molecule has 0 bridgehead atoms. The van der Waals surface area contributed by atoms with E-state index in [0.29, 0.717) is 12.8 Å². The lowest BCUT2D eigenvalue weighted by molar-refractivity contribution is 0.382. The summed E-state index contributed by atoms with van der Waals surface area (Å²) in [5.74, 6) is -0.227. The van der Waals surface area contributed by atoms with Crippen molar-refractivity contribution in [2.45, 2.75) is 59.5 Å². The molecule has 9 heteroatoms. The van der Waals surface area contributed by atoms with Gasteiger partial charge in [0.05, 0.1) is 40.3 Å². The first-order valence-electron chi connectivity index (χ1n) is 8.46. The molecule has 2 unspecified atom stereocenters. The summed E-state index contributed by atoms with van der Waals surface area (Å²) < 4.78 is 24.4. The summed E-state index contributed by atoms with van der Waals surface area (Å²) in [5, 5.41) is 13.0. The summed E-state index contributed by atoms with van der Waals surface area (Å²) in [6.45, 7) is 9.21. The third kappa shape index (κ3) is 5.14. The van der Waals surface area contributed by atoms with Crippen molar-refractivity contribution in [3.63, 3.8) is 0 Å². The van der Waals surface area contributed by atoms with Gasteiger partial charge in [0, 0.05) is 10.7 Å². The van der Waals surface area contributed by atoms with Crippen LogP contribution in [0.5, 0.6) is 5.75 Å². The minimum Gasteiger partial charge on any atom is -0.502 e. The summed E-state index contributed by atoms with van der Waals surface area (Å²) in [5.41, 5.74) is -1.33. The van der Waals surface area contributed by atoms with Crippen molar-refractivity contribution in [3.05, 3.63) is 26.5 Å². The van der Waals surface area contributed by atoms with Crippen LogP contribution in [0.3, 0.4) is 0 Å². The van der Waals surface area contributed by atoms with Crippen LogP contribution < -0.4 is 11.2 Å². The van der Waals surface area contributed by atoms with Gasteiger partial charge < -0.3 is 5.11 Å². The van der Waals surface area contributed by atoms with Gasteiger partial charge >= 0.3 is 5.69 Å². The number of hydrogen-bond acceptors (Lipinski definition) is 5. The molecule has 146 valence electrons. The standard InChI is InChI=1S/C17H26N2O5S2/c1-10(2)6-13(8-25-23)18-12(5)15(20)16(21)19(17(18)22)14(9-26-24)7-11(3)4/h8-11,13-14,20H,6-7H2,1-5H3. The van der Waals surface area contributed by atoms with Gasteiger partial charge in [-0.1, -0.05) is 27.7 Å². The Balaban J connectivity index is 3.82. The molecule has 0 saturated heterocycles. The van der Waals surface area contributed by atoms with Gasteiger partial charge in [-0.25, -0.2) is 17.8 Å². The van der Waals surface area contributed by atoms with E-state index in [1.165, 1.54) is 22.2 Å². The largest absolute Gasteiger partial charge is 0.502 e. The van der Waals surface area contributed by atoms with Crippen LogP contribution in [-0.2, 0) is 22.5 Å². The Kier molecular flexibility index (Phi) is 8.42. The van der Waals surface area contributed by atoms with Crippen LogP contribution in [0.1, 0.15) is 58.3 Å². The lowest BCUT2D eigenvalue weighted by atomic mass is 10.0. The van der Waals surface area contributed by atoms with Gasteiger partial charge in [0.2, 0.25) is 5.75 Å². The summed E-state index contributed by atoms with van der Waals surface area (Å²) in [7, 11) is 0. The molecule has 0 spiro atoms. The third-order valence-electron chi connectivity index (χ3n) is 4.05. The zero-order valence-corrected chi connectivity index (χ0v) is 17.3. The first-order valence-corrected chi connectivity index (χ1v) is 10.1. The molecule has 0 aromatic carbocycles. The van der Waals surface area contributed by atoms with Gasteiger partial charge in [0.25, 0.3) is 5.56 Å². The molecule has 0 saturated carbocycles. The number of aromatic nitrogens is 2. The number of nitrogens with zero attached hydrogens (tertiary/aromatic N) is 2. The highest BCUT2D eigenvalue weighted by molar-refractivity contribution is 7.65. The second-order valence-electron chi connectivity index (χ2n) is 7.12. The van der Waals surface area contributed by atoms with E-state index in [-0.39, 0.29) is 40.0 Å². The fourth-order valence-electron chi connectivity index (χ4n) is 2.95. The highest BCUT2D eigenvalue weighted by atomic mass is 32.1. The monoisotopic (exact) mass is 402 g/mol. The second kappa shape index (κ2) is 9.82. The lowest BCUT2D eigenvalue weighted by Crippen LogP contribution is -2.45. The predicted molar refractivity (Wildman–Crippen MR) is 107 cm³/mol. The minimum atomic E-state index is -0.822. The molecule has 0 fully saturated rings. The average molecular weight is 403 g/mol. The van der Waals surface area contributed by atoms with E-state index in [1.807, 2.05) is 27.7 Å². The Bertz CT molecular complexity index is 859. The molecule has 0 amide bonds. The fourth-order valence-corrected chi connectivity index (χ4v) is 3.67. The maximum atomic E-state index is 13.1. The Morgan fingerprint density at radius 1 is 0.923 bits per heavy atom. The number of rotatable bonds is 8. The van der Waals surface area contributed by atoms with E-state index < -0.39 is 29.1 Å². The van der Waals surface area contributed by atoms with E-state index in [0.717, 1.165) is 4.57 Å². The zero-order chi connectivity index (χ0) is 20.0. The van der Waals surface area contributed by atoms with E-state index in [1.54, 1.807) is 0 Å². The first-order chi connectivity index (χ1) is 12.1. The van der Waals surface area contributed by atoms with Gasteiger partial charge in [-0.05, 0) is 31.6 Å². The van der Waals surface area contributed by atoms with Gasteiger partial charge in [0.1, 0.15) is 0 Å². The highest BCUT2D eigenvalue weighted by Gasteiger charge is 2.25. The second-order valence-corrected chi connectivity index (χ2v) is 8.05. The normalized spacial score (nSPS) is 13.5. The molecule has 1 aromatic heterocycles. The van der Waals surface area contributed by atoms with E-state index >= 15 is 0 Å². The van der Waals surface area contributed by atoms with E-state index in [4.69, 9.17) is 0 Å². The SMILES string of the molecule is Cc1c(O)c(=O)n(C(C=S=O)CC(C)C)c(=O)n1C(C=S=O)CC(C)C. The number of hydrogen-bond donors (Lipinski definition) is 1. The summed E-state index contributed by atoms with van der Waals surface area (Å²) in [6.07, 6.45) is 0.907. The first kappa shape index (κ1) is 22.3. The quantitative estimate of drug-likeness (QED) is 0.660. The molecule has 0 aliphatic rings. The smallest absolute Gasteiger partial charge is 0.332 e. The van der Waals surface area contributed by atoms with Crippen LogP contribution in [0.15, 0.2) is 9.59 Å². The Morgan fingerprint density at radius 3 is 1.73 bits per heavy atom. The molecule has 1 N–H and O–H groups in total. The average Bonchev–Trinajstić information content (AvgIpc) is 2.52. The topological polar surface area (TPSA) is 98.4 Å². The van der Waals surface area contributed by atoms with E-state index in [9.17, 15) is 23.1 Å². The Labute approximate surface area is 159 Å². The number of aromatic hydroxyl groups is 1. The fraction of sp³-hybridized carbons (Fsp3) is 0.647. The molecule has 7 nitrogen and oxygen atoms in total. The molecule has 26 heavy (non-hydrogen) atoms. The Morgan fingerprint density at radius 2 is 1.35 bits per heavy atom. The highest BCUT2D eigenvalue weighted by Crippen LogP contribution is 2.20. The molecular formula is C17H26N2O5S2. The maximum absolute atomic E-state index is 13.1. The molecule has 1 rings (SSSR count). The van der Waals surface area contributed by atoms with Crippen LogP contribution in [-0.4, -0.2) is 33.4 Å². The minimum absolute atomic E-state index is 0.116. The van der Waals surface area contributed by atoms with Crippen LogP contribution in [0.2, 0.25) is 0 Å². The molecular weight excluding hydrogens is 376 g/mol. The zero-order valence-electron chi connectivity index (χ0n) is 15.7. The van der Waals surface area contributed by atoms with Crippen molar-refractivity contribution < 1.29 is 13.5 Å². The third-order valence-corrected chi connectivity index (χ3v) is 4.90. The van der Waals surface area contributed by atoms with Crippen molar-refractivity contribution in [1.82, 2.24) is 9.13 Å². The summed E-state index contributed by atoms with van der Waals surface area (Å²) in [6, 6.07) is -1.31. The lowest BCUT2D eigenvalue weighted by Gasteiger charge is -2.24. The summed E-state index contributed by atoms with van der Waals surface area (Å²) >= 11 is 0.426. The molecule has 2 atom stereocenters. The molecule has 1 heterocycles.